The van der Waals surface area contributed by atoms with Crippen LogP contribution in [0.4, 0.5) is 10.2 Å². The molecule has 130 valence electrons. The quantitative estimate of drug-likeness (QED) is 0.728. The monoisotopic (exact) mass is 359 g/mol. The first kappa shape index (κ1) is 17.5. The molecule has 0 amide bonds. The lowest BCUT2D eigenvalue weighted by atomic mass is 10.2. The Labute approximate surface area is 151 Å². The predicted molar refractivity (Wildman–Crippen MR) is 101 cm³/mol. The molecule has 4 nitrogen and oxygen atoms in total. The molecule has 2 heterocycles. The third kappa shape index (κ3) is 3.01. The first-order valence-electron chi connectivity index (χ1n) is 8.10. The Morgan fingerprint density at radius 2 is 1.68 bits per heavy atom. The first-order valence-corrected chi connectivity index (χ1v) is 8.10. The Kier molecular flexibility index (Phi) is 5.06. The second-order valence-electron chi connectivity index (χ2n) is 5.92. The van der Waals surface area contributed by atoms with Crippen molar-refractivity contribution in [2.45, 2.75) is 0 Å². The van der Waals surface area contributed by atoms with Gasteiger partial charge in [-0.3, -0.25) is 9.36 Å². The van der Waals surface area contributed by atoms with Crippen molar-refractivity contribution in [2.75, 3.05) is 31.1 Å². The van der Waals surface area contributed by atoms with Crippen molar-refractivity contribution in [1.82, 2.24) is 9.88 Å². The number of benzene rings is 2. The van der Waals surface area contributed by atoms with Crippen LogP contribution < -0.4 is 10.2 Å². The van der Waals surface area contributed by atoms with Gasteiger partial charge in [-0.1, -0.05) is 18.2 Å². The topological polar surface area (TPSA) is 37.3 Å². The molecule has 1 aromatic heterocycles. The second kappa shape index (κ2) is 7.25. The van der Waals surface area contributed by atoms with Gasteiger partial charge in [0, 0.05) is 37.3 Å². The van der Waals surface area contributed by atoms with Gasteiger partial charge >= 0.3 is 0 Å². The zero-order chi connectivity index (χ0) is 16.5. The molecule has 3 aromatic rings. The van der Waals surface area contributed by atoms with Gasteiger partial charge in [-0.25, -0.2) is 4.39 Å². The summed E-state index contributed by atoms with van der Waals surface area (Å²) in [6, 6.07) is 14.3. The van der Waals surface area contributed by atoms with Crippen LogP contribution in [0.2, 0.25) is 0 Å². The van der Waals surface area contributed by atoms with E-state index in [1.807, 2.05) is 24.3 Å². The van der Waals surface area contributed by atoms with Crippen molar-refractivity contribution < 1.29 is 9.18 Å². The molecule has 0 unspecified atom stereocenters. The minimum absolute atomic E-state index is 0. The number of fused-ring (bicyclic) bond motifs is 1. The molecule has 1 N–H and O–H groups in total. The molecule has 0 aliphatic carbocycles. The molecule has 6 heteroatoms. The summed E-state index contributed by atoms with van der Waals surface area (Å²) < 4.78 is 15.4. The lowest BCUT2D eigenvalue weighted by Crippen LogP contribution is -2.44. The van der Waals surface area contributed by atoms with Gasteiger partial charge in [0.2, 0.25) is 0 Å². The van der Waals surface area contributed by atoms with Gasteiger partial charge < -0.3 is 10.2 Å². The Morgan fingerprint density at radius 1 is 1.00 bits per heavy atom. The molecule has 0 spiro atoms. The highest BCUT2D eigenvalue weighted by molar-refractivity contribution is 6.05. The fourth-order valence-corrected chi connectivity index (χ4v) is 3.41. The number of nitrogens with one attached hydrogen (secondary N) is 1. The molecule has 1 fully saturated rings. The van der Waals surface area contributed by atoms with Crippen molar-refractivity contribution in [2.24, 2.45) is 0 Å². The van der Waals surface area contributed by atoms with E-state index < -0.39 is 0 Å². The number of halogens is 2. The number of aldehydes is 1. The van der Waals surface area contributed by atoms with E-state index in [-0.39, 0.29) is 18.2 Å². The molecular weight excluding hydrogens is 341 g/mol. The summed E-state index contributed by atoms with van der Waals surface area (Å²) in [5.41, 5.74) is 2.51. The van der Waals surface area contributed by atoms with E-state index in [2.05, 4.69) is 14.8 Å². The smallest absolute Gasteiger partial charge is 0.154 e. The van der Waals surface area contributed by atoms with E-state index in [9.17, 15) is 9.18 Å². The molecule has 1 aliphatic heterocycles. The average Bonchev–Trinajstić information content (AvgIpc) is 2.97. The number of nitrogens with zero attached hydrogens (tertiary/aromatic N) is 2. The third-order valence-corrected chi connectivity index (χ3v) is 4.51. The van der Waals surface area contributed by atoms with Gasteiger partial charge in [0.25, 0.3) is 0 Å². The highest BCUT2D eigenvalue weighted by atomic mass is 35.5. The summed E-state index contributed by atoms with van der Waals surface area (Å²) in [5, 5.41) is 4.26. The van der Waals surface area contributed by atoms with E-state index in [1.54, 1.807) is 12.1 Å². The van der Waals surface area contributed by atoms with E-state index in [0.29, 0.717) is 5.56 Å². The normalized spacial score (nSPS) is 14.4. The fourth-order valence-electron chi connectivity index (χ4n) is 3.41. The lowest BCUT2D eigenvalue weighted by Gasteiger charge is -2.31. The summed E-state index contributed by atoms with van der Waals surface area (Å²) in [7, 11) is 0. The Morgan fingerprint density at radius 3 is 2.36 bits per heavy atom. The fraction of sp³-hybridized carbons (Fsp3) is 0.211. The minimum atomic E-state index is -0.269. The predicted octanol–water partition coefficient (Wildman–Crippen LogP) is 3.41. The minimum Gasteiger partial charge on any atom is -0.355 e. The molecular formula is C19H19ClFN3O. The molecule has 1 saturated heterocycles. The summed E-state index contributed by atoms with van der Waals surface area (Å²) in [6.07, 6.45) is 0.930. The number of carbonyl (C=O) groups excluding carboxylic acids is 1. The summed E-state index contributed by atoms with van der Waals surface area (Å²) in [4.78, 5) is 14.1. The highest BCUT2D eigenvalue weighted by Crippen LogP contribution is 2.35. The Bertz CT molecular complexity index is 886. The first-order chi connectivity index (χ1) is 11.8. The summed E-state index contributed by atoms with van der Waals surface area (Å²) in [5.74, 6) is 0.619. The second-order valence-corrected chi connectivity index (χ2v) is 5.92. The maximum Gasteiger partial charge on any atom is 0.154 e. The van der Waals surface area contributed by atoms with Crippen molar-refractivity contribution in [3.05, 3.63) is 59.9 Å². The molecule has 0 saturated carbocycles. The highest BCUT2D eigenvalue weighted by Gasteiger charge is 2.23. The average molecular weight is 360 g/mol. The van der Waals surface area contributed by atoms with Gasteiger partial charge in [0.1, 0.15) is 11.6 Å². The molecule has 2 aromatic carbocycles. The standard InChI is InChI=1S/C19H18FN3O.ClH/c20-14-5-7-15(8-6-14)23-18-4-2-1-3-16(18)17(13-24)19(23)22-11-9-21-10-12-22;/h1-8,13,21H,9-12H2;1H. The van der Waals surface area contributed by atoms with Crippen LogP contribution >= 0.6 is 12.4 Å². The van der Waals surface area contributed by atoms with Crippen molar-refractivity contribution >= 4 is 35.4 Å². The molecule has 0 atom stereocenters. The number of para-hydroxylation sites is 1. The number of rotatable bonds is 3. The van der Waals surface area contributed by atoms with Crippen LogP contribution in [0.25, 0.3) is 16.6 Å². The maximum absolute atomic E-state index is 13.4. The largest absolute Gasteiger partial charge is 0.355 e. The van der Waals surface area contributed by atoms with E-state index in [4.69, 9.17) is 0 Å². The molecule has 25 heavy (non-hydrogen) atoms. The molecule has 0 radical (unpaired) electrons. The van der Waals surface area contributed by atoms with Crippen LogP contribution in [0.1, 0.15) is 10.4 Å². The van der Waals surface area contributed by atoms with Crippen LogP contribution in [0.5, 0.6) is 0 Å². The van der Waals surface area contributed by atoms with Gasteiger partial charge in [-0.15, -0.1) is 12.4 Å². The van der Waals surface area contributed by atoms with Crippen molar-refractivity contribution in [3.63, 3.8) is 0 Å². The zero-order valence-electron chi connectivity index (χ0n) is 13.6. The summed E-state index contributed by atoms with van der Waals surface area (Å²) in [6.45, 7) is 3.42. The number of aromatic nitrogens is 1. The molecule has 1 aliphatic rings. The van der Waals surface area contributed by atoms with Crippen LogP contribution in [-0.2, 0) is 0 Å². The number of piperazine rings is 1. The van der Waals surface area contributed by atoms with E-state index >= 15 is 0 Å². The van der Waals surface area contributed by atoms with Crippen LogP contribution in [0.15, 0.2) is 48.5 Å². The number of carbonyl (C=O) groups is 1. The third-order valence-electron chi connectivity index (χ3n) is 4.51. The van der Waals surface area contributed by atoms with Gasteiger partial charge in [-0.05, 0) is 30.3 Å². The lowest BCUT2D eigenvalue weighted by molar-refractivity contribution is 0.112. The van der Waals surface area contributed by atoms with Crippen LogP contribution in [0.3, 0.4) is 0 Å². The van der Waals surface area contributed by atoms with Crippen LogP contribution in [-0.4, -0.2) is 37.0 Å². The Balaban J connectivity index is 0.00000182. The van der Waals surface area contributed by atoms with Crippen molar-refractivity contribution in [1.29, 1.82) is 0 Å². The molecule has 4 rings (SSSR count). The van der Waals surface area contributed by atoms with Crippen LogP contribution in [0, 0.1) is 5.82 Å². The number of hydrogen-bond acceptors (Lipinski definition) is 3. The number of hydrogen-bond donors (Lipinski definition) is 1. The number of anilines is 1. The molecule has 0 bridgehead atoms. The summed E-state index contributed by atoms with van der Waals surface area (Å²) >= 11 is 0. The van der Waals surface area contributed by atoms with Crippen molar-refractivity contribution in [3.8, 4) is 5.69 Å². The van der Waals surface area contributed by atoms with E-state index in [1.165, 1.54) is 12.1 Å². The van der Waals surface area contributed by atoms with Gasteiger partial charge in [-0.2, -0.15) is 0 Å². The van der Waals surface area contributed by atoms with Gasteiger partial charge in [0.05, 0.1) is 11.1 Å². The SMILES string of the molecule is Cl.O=Cc1c(N2CCNCC2)n(-c2ccc(F)cc2)c2ccccc12. The zero-order valence-corrected chi connectivity index (χ0v) is 14.4. The van der Waals surface area contributed by atoms with Gasteiger partial charge in [0.15, 0.2) is 6.29 Å². The van der Waals surface area contributed by atoms with E-state index in [0.717, 1.165) is 54.9 Å². The maximum atomic E-state index is 13.4. The Hall–Kier alpha value is -2.37.